The van der Waals surface area contributed by atoms with Crippen molar-refractivity contribution in [2.45, 2.75) is 0 Å². The van der Waals surface area contributed by atoms with Crippen LogP contribution in [0.4, 0.5) is 5.69 Å². The molecule has 0 bridgehead atoms. The van der Waals surface area contributed by atoms with Gasteiger partial charge in [0.05, 0.1) is 15.6 Å². The Balaban J connectivity index is 1.86. The molecule has 116 valence electrons. The van der Waals surface area contributed by atoms with Crippen LogP contribution in [0.1, 0.15) is 10.4 Å². The molecular weight excluding hydrogens is 359 g/mol. The highest BCUT2D eigenvalue weighted by atomic mass is 35.5. The zero-order valence-corrected chi connectivity index (χ0v) is 13.8. The highest BCUT2D eigenvalue weighted by Crippen LogP contribution is 2.26. The summed E-state index contributed by atoms with van der Waals surface area (Å²) >= 11 is 17.6. The molecule has 2 aromatic carbocycles. The van der Waals surface area contributed by atoms with E-state index in [0.717, 1.165) is 0 Å². The number of rotatable bonds is 3. The van der Waals surface area contributed by atoms with Gasteiger partial charge >= 0.3 is 0 Å². The van der Waals surface area contributed by atoms with Gasteiger partial charge in [0.15, 0.2) is 0 Å². The average molecular weight is 368 g/mol. The van der Waals surface area contributed by atoms with E-state index in [1.54, 1.807) is 24.3 Å². The maximum atomic E-state index is 12.3. The van der Waals surface area contributed by atoms with Crippen LogP contribution in [-0.2, 0) is 4.79 Å². The number of amides is 1. The summed E-state index contributed by atoms with van der Waals surface area (Å²) in [6.45, 7) is 0. The third-order valence-corrected chi connectivity index (χ3v) is 4.25. The SMILES string of the molecule is O=C(Nc1ccc(Cl)c(Cl)c1)C(=O)c1c[nH]c2cc(Cl)ccc12. The summed E-state index contributed by atoms with van der Waals surface area (Å²) in [5, 5.41) is 4.33. The molecule has 0 fully saturated rings. The Bertz CT molecular complexity index is 934. The van der Waals surface area contributed by atoms with Gasteiger partial charge in [0, 0.05) is 27.8 Å². The van der Waals surface area contributed by atoms with E-state index in [1.165, 1.54) is 18.3 Å². The molecule has 2 N–H and O–H groups in total. The summed E-state index contributed by atoms with van der Waals surface area (Å²) in [4.78, 5) is 27.4. The third kappa shape index (κ3) is 3.20. The number of hydrogen-bond acceptors (Lipinski definition) is 2. The lowest BCUT2D eigenvalue weighted by Crippen LogP contribution is -2.22. The lowest BCUT2D eigenvalue weighted by Gasteiger charge is -2.05. The summed E-state index contributed by atoms with van der Waals surface area (Å²) < 4.78 is 0. The minimum absolute atomic E-state index is 0.272. The number of carbonyl (C=O) groups excluding carboxylic acids is 2. The monoisotopic (exact) mass is 366 g/mol. The molecule has 1 amide bonds. The number of fused-ring (bicyclic) bond motifs is 1. The van der Waals surface area contributed by atoms with Gasteiger partial charge in [0.25, 0.3) is 11.7 Å². The highest BCUT2D eigenvalue weighted by molar-refractivity contribution is 6.48. The maximum Gasteiger partial charge on any atom is 0.296 e. The summed E-state index contributed by atoms with van der Waals surface area (Å²) in [6, 6.07) is 9.61. The standard InChI is InChI=1S/C16H9Cl3N2O2/c17-8-1-3-10-11(7-20-14(10)5-8)15(22)16(23)21-9-2-4-12(18)13(19)6-9/h1-7,20H,(H,21,23). The number of aromatic amines is 1. The van der Waals surface area contributed by atoms with E-state index >= 15 is 0 Å². The molecule has 0 unspecified atom stereocenters. The molecule has 0 aliphatic carbocycles. The van der Waals surface area contributed by atoms with Crippen LogP contribution in [0.25, 0.3) is 10.9 Å². The van der Waals surface area contributed by atoms with E-state index < -0.39 is 11.7 Å². The van der Waals surface area contributed by atoms with Crippen LogP contribution in [0, 0.1) is 0 Å². The summed E-state index contributed by atoms with van der Waals surface area (Å²) in [6.07, 6.45) is 1.48. The number of Topliss-reactive ketones (excluding diaryl/α,β-unsaturated/α-hetero) is 1. The molecule has 0 aliphatic rings. The number of benzene rings is 2. The number of carbonyl (C=O) groups is 2. The predicted molar refractivity (Wildman–Crippen MR) is 92.7 cm³/mol. The topological polar surface area (TPSA) is 62.0 Å². The average Bonchev–Trinajstić information content (AvgIpc) is 2.93. The minimum Gasteiger partial charge on any atom is -0.360 e. The molecule has 3 rings (SSSR count). The van der Waals surface area contributed by atoms with E-state index in [4.69, 9.17) is 34.8 Å². The van der Waals surface area contributed by atoms with Gasteiger partial charge < -0.3 is 10.3 Å². The lowest BCUT2D eigenvalue weighted by atomic mass is 10.1. The van der Waals surface area contributed by atoms with E-state index in [2.05, 4.69) is 10.3 Å². The van der Waals surface area contributed by atoms with E-state index in [9.17, 15) is 9.59 Å². The fourth-order valence-corrected chi connectivity index (χ4v) is 2.64. The van der Waals surface area contributed by atoms with Gasteiger partial charge in [0.1, 0.15) is 0 Å². The molecule has 4 nitrogen and oxygen atoms in total. The van der Waals surface area contributed by atoms with Crippen LogP contribution in [0.3, 0.4) is 0 Å². The number of H-pyrrole nitrogens is 1. The molecule has 1 heterocycles. The summed E-state index contributed by atoms with van der Waals surface area (Å²) in [5.74, 6) is -1.43. The fraction of sp³-hybridized carbons (Fsp3) is 0. The van der Waals surface area contributed by atoms with Crippen molar-refractivity contribution in [3.63, 3.8) is 0 Å². The van der Waals surface area contributed by atoms with Crippen molar-refractivity contribution in [1.29, 1.82) is 0 Å². The molecule has 0 saturated carbocycles. The van der Waals surface area contributed by atoms with Gasteiger partial charge in [-0.1, -0.05) is 40.9 Å². The Kier molecular flexibility index (Phi) is 4.31. The van der Waals surface area contributed by atoms with Gasteiger partial charge in [-0.25, -0.2) is 0 Å². The number of halogens is 3. The number of anilines is 1. The van der Waals surface area contributed by atoms with Crippen molar-refractivity contribution in [3.05, 3.63) is 63.2 Å². The van der Waals surface area contributed by atoms with Crippen LogP contribution in [0.15, 0.2) is 42.6 Å². The molecule has 7 heteroatoms. The molecular formula is C16H9Cl3N2O2. The van der Waals surface area contributed by atoms with Gasteiger partial charge in [-0.15, -0.1) is 0 Å². The second-order valence-corrected chi connectivity index (χ2v) is 6.06. The highest BCUT2D eigenvalue weighted by Gasteiger charge is 2.20. The summed E-state index contributed by atoms with van der Waals surface area (Å²) in [5.41, 5.74) is 1.35. The zero-order chi connectivity index (χ0) is 16.6. The normalized spacial score (nSPS) is 10.7. The second kappa shape index (κ2) is 6.24. The van der Waals surface area contributed by atoms with E-state index in [0.29, 0.717) is 31.7 Å². The first-order valence-electron chi connectivity index (χ1n) is 6.53. The molecule has 3 aromatic rings. The maximum absolute atomic E-state index is 12.3. The molecule has 0 saturated heterocycles. The van der Waals surface area contributed by atoms with Crippen LogP contribution in [0.2, 0.25) is 15.1 Å². The second-order valence-electron chi connectivity index (χ2n) is 4.80. The van der Waals surface area contributed by atoms with Crippen molar-refractivity contribution in [3.8, 4) is 0 Å². The van der Waals surface area contributed by atoms with Crippen LogP contribution in [0.5, 0.6) is 0 Å². The van der Waals surface area contributed by atoms with Gasteiger partial charge in [-0.3, -0.25) is 9.59 Å². The van der Waals surface area contributed by atoms with Crippen molar-refractivity contribution < 1.29 is 9.59 Å². The molecule has 1 aromatic heterocycles. The molecule has 0 spiro atoms. The number of nitrogens with one attached hydrogen (secondary N) is 2. The summed E-state index contributed by atoms with van der Waals surface area (Å²) in [7, 11) is 0. The van der Waals surface area contributed by atoms with Gasteiger partial charge in [-0.2, -0.15) is 0 Å². The van der Waals surface area contributed by atoms with Gasteiger partial charge in [-0.05, 0) is 30.3 Å². The van der Waals surface area contributed by atoms with Crippen LogP contribution < -0.4 is 5.32 Å². The van der Waals surface area contributed by atoms with Crippen molar-refractivity contribution in [1.82, 2.24) is 4.98 Å². The Morgan fingerprint density at radius 1 is 0.957 bits per heavy atom. The Hall–Kier alpha value is -2.01. The van der Waals surface area contributed by atoms with Crippen molar-refractivity contribution >= 4 is 63.1 Å². The molecule has 0 radical (unpaired) electrons. The predicted octanol–water partition coefficient (Wildman–Crippen LogP) is 4.95. The first-order valence-corrected chi connectivity index (χ1v) is 7.66. The van der Waals surface area contributed by atoms with Crippen LogP contribution >= 0.6 is 34.8 Å². The zero-order valence-electron chi connectivity index (χ0n) is 11.5. The molecule has 0 atom stereocenters. The molecule has 23 heavy (non-hydrogen) atoms. The van der Waals surface area contributed by atoms with E-state index in [-0.39, 0.29) is 5.56 Å². The van der Waals surface area contributed by atoms with Crippen molar-refractivity contribution in [2.75, 3.05) is 5.32 Å². The Labute approximate surface area is 146 Å². The number of hydrogen-bond donors (Lipinski definition) is 2. The Morgan fingerprint density at radius 3 is 2.48 bits per heavy atom. The van der Waals surface area contributed by atoms with Crippen molar-refractivity contribution in [2.24, 2.45) is 0 Å². The Morgan fingerprint density at radius 2 is 1.74 bits per heavy atom. The van der Waals surface area contributed by atoms with Gasteiger partial charge in [0.2, 0.25) is 0 Å². The first kappa shape index (κ1) is 15.9. The van der Waals surface area contributed by atoms with Crippen LogP contribution in [-0.4, -0.2) is 16.7 Å². The largest absolute Gasteiger partial charge is 0.360 e. The first-order chi connectivity index (χ1) is 11.0. The minimum atomic E-state index is -0.765. The quantitative estimate of drug-likeness (QED) is 0.508. The number of aromatic nitrogens is 1. The fourth-order valence-electron chi connectivity index (χ4n) is 2.17. The smallest absolute Gasteiger partial charge is 0.296 e. The number of ketones is 1. The van der Waals surface area contributed by atoms with E-state index in [1.807, 2.05) is 0 Å². The lowest BCUT2D eigenvalue weighted by molar-refractivity contribution is -0.112. The molecule has 0 aliphatic heterocycles. The third-order valence-electron chi connectivity index (χ3n) is 3.27.